The second-order valence-electron chi connectivity index (χ2n) is 5.68. The zero-order chi connectivity index (χ0) is 15.8. The molecule has 0 fully saturated rings. The molecule has 0 aliphatic carbocycles. The Morgan fingerprint density at radius 2 is 1.85 bits per heavy atom. The molecule has 114 valence electrons. The molecule has 0 rings (SSSR count). The van der Waals surface area contributed by atoms with E-state index in [1.54, 1.807) is 6.92 Å². The van der Waals surface area contributed by atoms with Crippen LogP contribution in [0.15, 0.2) is 35.6 Å². The van der Waals surface area contributed by atoms with Crippen LogP contribution in [0.2, 0.25) is 0 Å². The molecule has 1 atom stereocenters. The second-order valence-corrected chi connectivity index (χ2v) is 5.68. The van der Waals surface area contributed by atoms with Crippen LogP contribution in [0.4, 0.5) is 0 Å². The summed E-state index contributed by atoms with van der Waals surface area (Å²) in [6, 6.07) is 0. The highest BCUT2D eigenvalue weighted by Crippen LogP contribution is 2.22. The first-order valence-corrected chi connectivity index (χ1v) is 7.04. The molecule has 0 amide bonds. The van der Waals surface area contributed by atoms with Crippen molar-refractivity contribution in [2.75, 3.05) is 0 Å². The average Bonchev–Trinajstić information content (AvgIpc) is 2.33. The number of hydrogen-bond acceptors (Lipinski definition) is 3. The van der Waals surface area contributed by atoms with Gasteiger partial charge in [-0.15, -0.1) is 6.58 Å². The molecule has 1 N–H and O–H groups in total. The molecule has 3 nitrogen and oxygen atoms in total. The van der Waals surface area contributed by atoms with Crippen LogP contribution in [-0.4, -0.2) is 16.7 Å². The third-order valence-electron chi connectivity index (χ3n) is 3.11. The number of aliphatic hydroxyl groups is 1. The zero-order valence-corrected chi connectivity index (χ0v) is 13.5. The Kier molecular flexibility index (Phi) is 8.16. The molecule has 3 heteroatoms. The molecule has 0 aromatic rings. The van der Waals surface area contributed by atoms with Gasteiger partial charge in [-0.05, 0) is 52.5 Å². The van der Waals surface area contributed by atoms with Crippen LogP contribution < -0.4 is 0 Å². The largest absolute Gasteiger partial charge is 0.431 e. The van der Waals surface area contributed by atoms with Gasteiger partial charge in [0.1, 0.15) is 5.76 Å². The van der Waals surface area contributed by atoms with E-state index in [1.165, 1.54) is 18.6 Å². The Bertz CT molecular complexity index is 396. The third kappa shape index (κ3) is 8.70. The van der Waals surface area contributed by atoms with E-state index in [2.05, 4.69) is 26.5 Å². The molecule has 0 spiro atoms. The van der Waals surface area contributed by atoms with Gasteiger partial charge in [0.05, 0.1) is 5.60 Å². The van der Waals surface area contributed by atoms with Gasteiger partial charge >= 0.3 is 5.97 Å². The van der Waals surface area contributed by atoms with E-state index in [-0.39, 0.29) is 5.97 Å². The maximum atomic E-state index is 11.2. The highest BCUT2D eigenvalue weighted by molar-refractivity contribution is 5.67. The lowest BCUT2D eigenvalue weighted by Gasteiger charge is -2.20. The van der Waals surface area contributed by atoms with Crippen molar-refractivity contribution in [2.24, 2.45) is 0 Å². The quantitative estimate of drug-likeness (QED) is 0.410. The van der Waals surface area contributed by atoms with Crippen LogP contribution in [0, 0.1) is 0 Å². The molecule has 0 radical (unpaired) electrons. The van der Waals surface area contributed by atoms with Crippen LogP contribution in [0.3, 0.4) is 0 Å². The van der Waals surface area contributed by atoms with Crippen molar-refractivity contribution in [3.63, 3.8) is 0 Å². The fourth-order valence-electron chi connectivity index (χ4n) is 1.71. The van der Waals surface area contributed by atoms with E-state index in [0.29, 0.717) is 18.6 Å². The first kappa shape index (κ1) is 18.7. The van der Waals surface area contributed by atoms with Gasteiger partial charge in [-0.2, -0.15) is 0 Å². The minimum atomic E-state index is -0.939. The number of carbonyl (C=O) groups excluding carboxylic acids is 1. The van der Waals surface area contributed by atoms with Crippen LogP contribution in [0.25, 0.3) is 0 Å². The van der Waals surface area contributed by atoms with Crippen LogP contribution in [-0.2, 0) is 9.53 Å². The smallest absolute Gasteiger partial charge is 0.307 e. The molecule has 0 saturated heterocycles. The number of rotatable bonds is 8. The Balaban J connectivity index is 4.79. The maximum absolute atomic E-state index is 11.2. The van der Waals surface area contributed by atoms with E-state index in [4.69, 9.17) is 4.74 Å². The molecule has 0 aliphatic heterocycles. The van der Waals surface area contributed by atoms with Crippen molar-refractivity contribution < 1.29 is 14.6 Å². The Labute approximate surface area is 123 Å². The Hall–Kier alpha value is -1.35. The van der Waals surface area contributed by atoms with Gasteiger partial charge < -0.3 is 9.84 Å². The standard InChI is InChI=1S/C17H28O3/c1-7-17(6,19)12-11-16(20-15(5)18)14(4)10-8-9-13(2)3/h7,9,19H,1,8,10-12H2,2-6H3. The summed E-state index contributed by atoms with van der Waals surface area (Å²) in [4.78, 5) is 11.2. The summed E-state index contributed by atoms with van der Waals surface area (Å²) >= 11 is 0. The normalized spacial score (nSPS) is 14.9. The van der Waals surface area contributed by atoms with Crippen LogP contribution in [0.5, 0.6) is 0 Å². The van der Waals surface area contributed by atoms with Crippen molar-refractivity contribution in [3.05, 3.63) is 35.6 Å². The molecule has 0 saturated carbocycles. The van der Waals surface area contributed by atoms with Crippen molar-refractivity contribution in [3.8, 4) is 0 Å². The van der Waals surface area contributed by atoms with E-state index in [9.17, 15) is 9.90 Å². The van der Waals surface area contributed by atoms with Gasteiger partial charge in [0.15, 0.2) is 0 Å². The molecule has 0 heterocycles. The lowest BCUT2D eigenvalue weighted by molar-refractivity contribution is -0.137. The molecule has 0 aromatic heterocycles. The number of carbonyl (C=O) groups is 1. The molecular formula is C17H28O3. The Morgan fingerprint density at radius 3 is 2.30 bits per heavy atom. The highest BCUT2D eigenvalue weighted by Gasteiger charge is 2.18. The minimum absolute atomic E-state index is 0.320. The van der Waals surface area contributed by atoms with Crippen LogP contribution in [0.1, 0.15) is 60.3 Å². The van der Waals surface area contributed by atoms with Crippen molar-refractivity contribution in [2.45, 2.75) is 65.9 Å². The van der Waals surface area contributed by atoms with E-state index in [1.807, 2.05) is 6.92 Å². The molecule has 0 aromatic carbocycles. The Morgan fingerprint density at radius 1 is 1.25 bits per heavy atom. The number of ether oxygens (including phenoxy) is 1. The summed E-state index contributed by atoms with van der Waals surface area (Å²) in [6.45, 7) is 12.8. The summed E-state index contributed by atoms with van der Waals surface area (Å²) in [5.41, 5.74) is 1.39. The number of hydrogen-bond donors (Lipinski definition) is 1. The predicted octanol–water partition coefficient (Wildman–Crippen LogP) is 4.29. The number of esters is 1. The van der Waals surface area contributed by atoms with E-state index in [0.717, 1.165) is 18.4 Å². The molecule has 1 unspecified atom stereocenters. The van der Waals surface area contributed by atoms with Gasteiger partial charge in [0.25, 0.3) is 0 Å². The fraction of sp³-hybridized carbons (Fsp3) is 0.588. The fourth-order valence-corrected chi connectivity index (χ4v) is 1.71. The summed E-state index contributed by atoms with van der Waals surface area (Å²) in [7, 11) is 0. The minimum Gasteiger partial charge on any atom is -0.431 e. The van der Waals surface area contributed by atoms with E-state index >= 15 is 0 Å². The van der Waals surface area contributed by atoms with Gasteiger partial charge in [0, 0.05) is 13.3 Å². The van der Waals surface area contributed by atoms with Crippen molar-refractivity contribution in [1.29, 1.82) is 0 Å². The van der Waals surface area contributed by atoms with Crippen LogP contribution >= 0.6 is 0 Å². The lowest BCUT2D eigenvalue weighted by atomic mass is 9.97. The second kappa shape index (κ2) is 8.75. The average molecular weight is 280 g/mol. The van der Waals surface area contributed by atoms with Crippen molar-refractivity contribution in [1.82, 2.24) is 0 Å². The van der Waals surface area contributed by atoms with Gasteiger partial charge in [-0.3, -0.25) is 4.79 Å². The summed E-state index contributed by atoms with van der Waals surface area (Å²) < 4.78 is 5.28. The number of allylic oxidation sites excluding steroid dienone is 4. The van der Waals surface area contributed by atoms with Gasteiger partial charge in [0.2, 0.25) is 0 Å². The molecule has 20 heavy (non-hydrogen) atoms. The molecule has 0 bridgehead atoms. The topological polar surface area (TPSA) is 46.5 Å². The van der Waals surface area contributed by atoms with Gasteiger partial charge in [-0.25, -0.2) is 0 Å². The molecule has 0 aliphatic rings. The first-order valence-electron chi connectivity index (χ1n) is 7.04. The zero-order valence-electron chi connectivity index (χ0n) is 13.5. The highest BCUT2D eigenvalue weighted by atomic mass is 16.5. The molecular weight excluding hydrogens is 252 g/mol. The lowest BCUT2D eigenvalue weighted by Crippen LogP contribution is -2.20. The monoisotopic (exact) mass is 280 g/mol. The summed E-state index contributed by atoms with van der Waals surface area (Å²) in [6.07, 6.45) is 6.46. The summed E-state index contributed by atoms with van der Waals surface area (Å²) in [5, 5.41) is 9.95. The third-order valence-corrected chi connectivity index (χ3v) is 3.11. The van der Waals surface area contributed by atoms with Crippen molar-refractivity contribution >= 4 is 5.97 Å². The SMILES string of the molecule is C=CC(C)(O)CCC(OC(C)=O)=C(C)CCC=C(C)C. The summed E-state index contributed by atoms with van der Waals surface area (Å²) in [5.74, 6) is 0.349. The predicted molar refractivity (Wildman–Crippen MR) is 83.2 cm³/mol. The first-order chi connectivity index (χ1) is 9.18. The van der Waals surface area contributed by atoms with Gasteiger partial charge in [-0.1, -0.05) is 17.7 Å². The maximum Gasteiger partial charge on any atom is 0.307 e. The van der Waals surface area contributed by atoms with E-state index < -0.39 is 5.60 Å².